The van der Waals surface area contributed by atoms with Crippen molar-refractivity contribution in [2.24, 2.45) is 5.10 Å². The maximum Gasteiger partial charge on any atom is 0.345 e. The van der Waals surface area contributed by atoms with Crippen LogP contribution in [-0.4, -0.2) is 10.8 Å². The molecule has 0 atom stereocenters. The van der Waals surface area contributed by atoms with Crippen molar-refractivity contribution in [2.45, 2.75) is 20.8 Å². The van der Waals surface area contributed by atoms with Crippen LogP contribution in [0.3, 0.4) is 0 Å². The number of nitrogens with one attached hydrogen (secondary N) is 2. The van der Waals surface area contributed by atoms with Gasteiger partial charge in [-0.15, -0.1) is 0 Å². The van der Waals surface area contributed by atoms with Crippen molar-refractivity contribution >= 4 is 39.7 Å². The van der Waals surface area contributed by atoms with Crippen LogP contribution in [0.4, 0.5) is 5.69 Å². The van der Waals surface area contributed by atoms with Gasteiger partial charge in [0.25, 0.3) is 0 Å². The number of benzene rings is 2. The normalized spacial score (nSPS) is 11.4. The second-order valence-electron chi connectivity index (χ2n) is 6.00. The number of para-hydroxylation sites is 1. The number of aryl methyl sites for hydroxylation is 1. The molecule has 0 fully saturated rings. The maximum absolute atomic E-state index is 12.2. The van der Waals surface area contributed by atoms with E-state index in [1.165, 1.54) is 5.56 Å². The molecule has 3 aromatic rings. The summed E-state index contributed by atoms with van der Waals surface area (Å²) in [6.07, 6.45) is 0. The van der Waals surface area contributed by atoms with E-state index >= 15 is 0 Å². The number of fused-ring (bicyclic) bond motifs is 1. The molecule has 0 bridgehead atoms. The SMILES string of the molecule is C/C(=N/NC(=S)Nc1cccc(C)c1C)c1cc2ccccc2oc1=O. The molecule has 2 N–H and O–H groups in total. The standard InChI is InChI=1S/C20H19N3O2S/c1-12-7-6-9-17(13(12)2)21-20(26)23-22-14(3)16-11-15-8-4-5-10-18(15)25-19(16)24/h4-11H,1-3H3,(H2,21,23,26)/b22-14-. The summed E-state index contributed by atoms with van der Waals surface area (Å²) in [5.74, 6) is 0. The predicted molar refractivity (Wildman–Crippen MR) is 110 cm³/mol. The molecule has 0 spiro atoms. The zero-order valence-electron chi connectivity index (χ0n) is 14.8. The number of nitrogens with zero attached hydrogens (tertiary/aromatic N) is 1. The highest BCUT2D eigenvalue weighted by Gasteiger charge is 2.09. The number of hydrogen-bond acceptors (Lipinski definition) is 4. The largest absolute Gasteiger partial charge is 0.422 e. The maximum atomic E-state index is 12.2. The average Bonchev–Trinajstić information content (AvgIpc) is 2.63. The zero-order chi connectivity index (χ0) is 18.7. The molecule has 0 radical (unpaired) electrons. The molecule has 6 heteroatoms. The second kappa shape index (κ2) is 7.49. The van der Waals surface area contributed by atoms with Gasteiger partial charge in [-0.2, -0.15) is 5.10 Å². The fourth-order valence-electron chi connectivity index (χ4n) is 2.55. The second-order valence-corrected chi connectivity index (χ2v) is 6.40. The van der Waals surface area contributed by atoms with Crippen molar-refractivity contribution in [1.82, 2.24) is 5.43 Å². The van der Waals surface area contributed by atoms with E-state index in [-0.39, 0.29) is 0 Å². The molecule has 0 saturated carbocycles. The van der Waals surface area contributed by atoms with E-state index in [9.17, 15) is 4.79 Å². The van der Waals surface area contributed by atoms with E-state index < -0.39 is 5.63 Å². The van der Waals surface area contributed by atoms with Gasteiger partial charge in [0.05, 0.1) is 11.3 Å². The molecule has 0 unspecified atom stereocenters. The molecule has 0 aliphatic rings. The van der Waals surface area contributed by atoms with Gasteiger partial charge in [0.1, 0.15) is 5.58 Å². The Bertz CT molecular complexity index is 1070. The Hall–Kier alpha value is -2.99. The molecule has 0 amide bonds. The third-order valence-corrected chi connectivity index (χ3v) is 4.40. The number of hydrogen-bond donors (Lipinski definition) is 2. The molecule has 26 heavy (non-hydrogen) atoms. The monoisotopic (exact) mass is 365 g/mol. The number of thiocarbonyl (C=S) groups is 1. The minimum absolute atomic E-state index is 0.350. The van der Waals surface area contributed by atoms with Crippen molar-refractivity contribution in [1.29, 1.82) is 0 Å². The molecule has 132 valence electrons. The van der Waals surface area contributed by atoms with Crippen molar-refractivity contribution in [3.05, 3.63) is 75.6 Å². The van der Waals surface area contributed by atoms with Gasteiger partial charge in [-0.25, -0.2) is 4.79 Å². The van der Waals surface area contributed by atoms with Crippen LogP contribution >= 0.6 is 12.2 Å². The van der Waals surface area contributed by atoms with Crippen LogP contribution in [0, 0.1) is 13.8 Å². The summed E-state index contributed by atoms with van der Waals surface area (Å²) in [5, 5.41) is 8.52. The summed E-state index contributed by atoms with van der Waals surface area (Å²) in [6.45, 7) is 5.79. The highest BCUT2D eigenvalue weighted by molar-refractivity contribution is 7.80. The van der Waals surface area contributed by atoms with Crippen molar-refractivity contribution < 1.29 is 4.42 Å². The first-order chi connectivity index (χ1) is 12.5. The van der Waals surface area contributed by atoms with Crippen LogP contribution in [0.2, 0.25) is 0 Å². The molecular formula is C20H19N3O2S. The van der Waals surface area contributed by atoms with E-state index in [1.54, 1.807) is 19.1 Å². The van der Waals surface area contributed by atoms with Crippen molar-refractivity contribution in [3.8, 4) is 0 Å². The van der Waals surface area contributed by atoms with Crippen LogP contribution in [-0.2, 0) is 0 Å². The Labute approximate surface area is 156 Å². The predicted octanol–water partition coefficient (Wildman–Crippen LogP) is 4.12. The molecular weight excluding hydrogens is 346 g/mol. The lowest BCUT2D eigenvalue weighted by molar-refractivity contribution is 0.559. The van der Waals surface area contributed by atoms with Gasteiger partial charge in [-0.05, 0) is 62.3 Å². The summed E-state index contributed by atoms with van der Waals surface area (Å²) in [4.78, 5) is 12.2. The van der Waals surface area contributed by atoms with E-state index in [4.69, 9.17) is 16.6 Å². The Morgan fingerprint density at radius 1 is 1.12 bits per heavy atom. The third kappa shape index (κ3) is 3.81. The number of anilines is 1. The molecule has 3 rings (SSSR count). The van der Waals surface area contributed by atoms with Gasteiger partial charge in [-0.1, -0.05) is 30.3 Å². The molecule has 0 saturated heterocycles. The van der Waals surface area contributed by atoms with Crippen LogP contribution < -0.4 is 16.4 Å². The zero-order valence-corrected chi connectivity index (χ0v) is 15.6. The summed E-state index contributed by atoms with van der Waals surface area (Å²) < 4.78 is 5.33. The lowest BCUT2D eigenvalue weighted by Crippen LogP contribution is -2.26. The van der Waals surface area contributed by atoms with E-state index in [1.807, 2.05) is 50.2 Å². The average molecular weight is 365 g/mol. The van der Waals surface area contributed by atoms with Crippen molar-refractivity contribution in [2.75, 3.05) is 5.32 Å². The highest BCUT2D eigenvalue weighted by atomic mass is 32.1. The van der Waals surface area contributed by atoms with E-state index in [0.717, 1.165) is 16.6 Å². The van der Waals surface area contributed by atoms with Gasteiger partial charge in [0.2, 0.25) is 0 Å². The van der Waals surface area contributed by atoms with Gasteiger partial charge in [0.15, 0.2) is 5.11 Å². The summed E-state index contributed by atoms with van der Waals surface area (Å²) in [5.41, 5.74) is 7.00. The van der Waals surface area contributed by atoms with Gasteiger partial charge < -0.3 is 9.73 Å². The summed E-state index contributed by atoms with van der Waals surface area (Å²) in [7, 11) is 0. The van der Waals surface area contributed by atoms with E-state index in [0.29, 0.717) is 22.0 Å². The van der Waals surface area contributed by atoms with Gasteiger partial charge >= 0.3 is 5.63 Å². The Morgan fingerprint density at radius 2 is 1.88 bits per heavy atom. The smallest absolute Gasteiger partial charge is 0.345 e. The first-order valence-corrected chi connectivity index (χ1v) is 8.57. The third-order valence-electron chi connectivity index (χ3n) is 4.21. The lowest BCUT2D eigenvalue weighted by Gasteiger charge is -2.12. The van der Waals surface area contributed by atoms with Crippen LogP contribution in [0.15, 0.2) is 62.8 Å². The topological polar surface area (TPSA) is 66.6 Å². The summed E-state index contributed by atoms with van der Waals surface area (Å²) >= 11 is 5.29. The lowest BCUT2D eigenvalue weighted by atomic mass is 10.1. The van der Waals surface area contributed by atoms with Gasteiger partial charge in [0, 0.05) is 11.1 Å². The molecule has 0 aliphatic carbocycles. The first kappa shape index (κ1) is 17.8. The quantitative estimate of drug-likeness (QED) is 0.316. The Kier molecular flexibility index (Phi) is 5.14. The Morgan fingerprint density at radius 3 is 2.69 bits per heavy atom. The van der Waals surface area contributed by atoms with Crippen molar-refractivity contribution in [3.63, 3.8) is 0 Å². The number of hydrazone groups is 1. The molecule has 5 nitrogen and oxygen atoms in total. The fraction of sp³-hybridized carbons (Fsp3) is 0.150. The first-order valence-electron chi connectivity index (χ1n) is 8.16. The van der Waals surface area contributed by atoms with Crippen LogP contribution in [0.5, 0.6) is 0 Å². The van der Waals surface area contributed by atoms with Gasteiger partial charge in [-0.3, -0.25) is 5.43 Å². The summed E-state index contributed by atoms with van der Waals surface area (Å²) in [6, 6.07) is 15.1. The van der Waals surface area contributed by atoms with Crippen LogP contribution in [0.25, 0.3) is 11.0 Å². The highest BCUT2D eigenvalue weighted by Crippen LogP contribution is 2.17. The molecule has 2 aromatic carbocycles. The fourth-order valence-corrected chi connectivity index (χ4v) is 2.70. The molecule has 1 aromatic heterocycles. The molecule has 1 heterocycles. The minimum atomic E-state index is -0.430. The Balaban J connectivity index is 1.78. The number of rotatable bonds is 3. The minimum Gasteiger partial charge on any atom is -0.422 e. The molecule has 0 aliphatic heterocycles. The van der Waals surface area contributed by atoms with E-state index in [2.05, 4.69) is 15.8 Å². The van der Waals surface area contributed by atoms with Crippen LogP contribution in [0.1, 0.15) is 23.6 Å².